The first-order chi connectivity index (χ1) is 12.9. The molecule has 0 saturated carbocycles. The molecule has 0 fully saturated rings. The van der Waals surface area contributed by atoms with Crippen LogP contribution in [0.1, 0.15) is 45.1 Å². The van der Waals surface area contributed by atoms with Gasteiger partial charge < -0.3 is 10.1 Å². The normalized spacial score (nSPS) is 16.9. The molecule has 150 valence electrons. The zero-order chi connectivity index (χ0) is 20.7. The van der Waals surface area contributed by atoms with E-state index in [4.69, 9.17) is 4.74 Å². The number of alkyl halides is 6. The van der Waals surface area contributed by atoms with Gasteiger partial charge in [0.1, 0.15) is 5.75 Å². The van der Waals surface area contributed by atoms with Gasteiger partial charge in [0.25, 0.3) is 5.91 Å². The van der Waals surface area contributed by atoms with Gasteiger partial charge in [0.05, 0.1) is 23.8 Å². The number of nitrogens with one attached hydrogen (secondary N) is 1. The molecule has 1 unspecified atom stereocenters. The lowest BCUT2D eigenvalue weighted by Gasteiger charge is -2.27. The summed E-state index contributed by atoms with van der Waals surface area (Å²) in [6, 6.07) is 5.50. The Kier molecular flexibility index (Phi) is 5.03. The largest absolute Gasteiger partial charge is 0.493 e. The number of halogens is 6. The minimum Gasteiger partial charge on any atom is -0.493 e. The van der Waals surface area contributed by atoms with Gasteiger partial charge >= 0.3 is 12.4 Å². The second-order valence-corrected chi connectivity index (χ2v) is 6.50. The Morgan fingerprint density at radius 3 is 2.18 bits per heavy atom. The Morgan fingerprint density at radius 1 is 1.00 bits per heavy atom. The molecule has 3 rings (SSSR count). The van der Waals surface area contributed by atoms with E-state index in [1.807, 2.05) is 6.92 Å². The Balaban J connectivity index is 1.94. The van der Waals surface area contributed by atoms with Crippen LogP contribution in [0.4, 0.5) is 26.3 Å². The van der Waals surface area contributed by atoms with Crippen LogP contribution in [0.25, 0.3) is 0 Å². The van der Waals surface area contributed by atoms with Crippen molar-refractivity contribution >= 4 is 5.91 Å². The molecular weight excluding hydrogens is 388 g/mol. The number of carbonyl (C=O) groups is 1. The van der Waals surface area contributed by atoms with E-state index in [1.54, 1.807) is 18.2 Å². The third kappa shape index (κ3) is 4.23. The minimum absolute atomic E-state index is 0.0100. The highest BCUT2D eigenvalue weighted by Crippen LogP contribution is 2.37. The monoisotopic (exact) mass is 403 g/mol. The molecule has 1 N–H and O–H groups in total. The number of fused-ring (bicyclic) bond motifs is 1. The summed E-state index contributed by atoms with van der Waals surface area (Å²) >= 11 is 0. The zero-order valence-electron chi connectivity index (χ0n) is 14.5. The Morgan fingerprint density at radius 2 is 1.61 bits per heavy atom. The van der Waals surface area contributed by atoms with Crippen LogP contribution in [0.5, 0.6) is 5.75 Å². The predicted molar refractivity (Wildman–Crippen MR) is 87.9 cm³/mol. The number of amides is 1. The van der Waals surface area contributed by atoms with E-state index in [0.29, 0.717) is 29.9 Å². The number of ether oxygens (including phenoxy) is 1. The molecule has 0 bridgehead atoms. The lowest BCUT2D eigenvalue weighted by Crippen LogP contribution is -2.32. The number of rotatable bonds is 2. The fraction of sp³-hybridized carbons (Fsp3) is 0.316. The Bertz CT molecular complexity index is 872. The molecule has 2 aromatic carbocycles. The van der Waals surface area contributed by atoms with Crippen LogP contribution in [0.3, 0.4) is 0 Å². The van der Waals surface area contributed by atoms with Crippen LogP contribution >= 0.6 is 0 Å². The lowest BCUT2D eigenvalue weighted by molar-refractivity contribution is -0.143. The summed E-state index contributed by atoms with van der Waals surface area (Å²) in [7, 11) is 0. The highest BCUT2D eigenvalue weighted by molar-refractivity contribution is 5.95. The number of aryl methyl sites for hydroxylation is 1. The third-order valence-corrected chi connectivity index (χ3v) is 4.36. The van der Waals surface area contributed by atoms with Crippen molar-refractivity contribution in [2.24, 2.45) is 0 Å². The minimum atomic E-state index is -5.02. The average molecular weight is 403 g/mol. The molecule has 1 heterocycles. The number of hydrogen-bond acceptors (Lipinski definition) is 2. The van der Waals surface area contributed by atoms with E-state index in [0.717, 1.165) is 5.56 Å². The molecule has 1 amide bonds. The first-order valence-electron chi connectivity index (χ1n) is 8.29. The molecule has 3 nitrogen and oxygen atoms in total. The first kappa shape index (κ1) is 20.0. The maximum Gasteiger partial charge on any atom is 0.416 e. The third-order valence-electron chi connectivity index (χ3n) is 4.36. The van der Waals surface area contributed by atoms with Crippen LogP contribution in [0, 0.1) is 6.92 Å². The molecule has 9 heteroatoms. The molecule has 0 radical (unpaired) electrons. The van der Waals surface area contributed by atoms with Crippen LogP contribution < -0.4 is 10.1 Å². The Hall–Kier alpha value is -2.71. The fourth-order valence-electron chi connectivity index (χ4n) is 2.99. The quantitative estimate of drug-likeness (QED) is 0.693. The summed E-state index contributed by atoms with van der Waals surface area (Å²) in [5.41, 5.74) is -2.27. The topological polar surface area (TPSA) is 38.3 Å². The molecule has 0 aromatic heterocycles. The average Bonchev–Trinajstić information content (AvgIpc) is 2.60. The smallest absolute Gasteiger partial charge is 0.416 e. The lowest BCUT2D eigenvalue weighted by atomic mass is 9.97. The van der Waals surface area contributed by atoms with Gasteiger partial charge in [-0.05, 0) is 31.2 Å². The van der Waals surface area contributed by atoms with Crippen LogP contribution in [-0.2, 0) is 12.4 Å². The van der Waals surface area contributed by atoms with Gasteiger partial charge in [-0.2, -0.15) is 26.3 Å². The van der Waals surface area contributed by atoms with Crippen molar-refractivity contribution in [3.05, 3.63) is 64.2 Å². The zero-order valence-corrected chi connectivity index (χ0v) is 14.5. The number of benzene rings is 2. The molecule has 2 aromatic rings. The van der Waals surface area contributed by atoms with E-state index < -0.39 is 41.0 Å². The van der Waals surface area contributed by atoms with Crippen molar-refractivity contribution in [3.8, 4) is 5.75 Å². The van der Waals surface area contributed by atoms with Crippen LogP contribution in [0.15, 0.2) is 36.4 Å². The highest BCUT2D eigenvalue weighted by atomic mass is 19.4. The first-order valence-corrected chi connectivity index (χ1v) is 8.29. The van der Waals surface area contributed by atoms with E-state index in [-0.39, 0.29) is 12.7 Å². The van der Waals surface area contributed by atoms with E-state index in [1.165, 1.54) is 0 Å². The number of carbonyl (C=O) groups excluding carboxylic acids is 1. The maximum absolute atomic E-state index is 13.0. The van der Waals surface area contributed by atoms with Crippen LogP contribution in [0.2, 0.25) is 0 Å². The second kappa shape index (κ2) is 7.03. The fourth-order valence-corrected chi connectivity index (χ4v) is 2.99. The van der Waals surface area contributed by atoms with Gasteiger partial charge in [-0.1, -0.05) is 17.7 Å². The summed E-state index contributed by atoms with van der Waals surface area (Å²) in [4.78, 5) is 12.5. The molecule has 0 saturated heterocycles. The van der Waals surface area contributed by atoms with Gasteiger partial charge in [-0.15, -0.1) is 0 Å². The summed E-state index contributed by atoms with van der Waals surface area (Å²) < 4.78 is 83.4. The molecule has 1 aliphatic rings. The van der Waals surface area contributed by atoms with Crippen molar-refractivity contribution in [2.75, 3.05) is 6.61 Å². The van der Waals surface area contributed by atoms with E-state index in [9.17, 15) is 31.1 Å². The number of hydrogen-bond donors (Lipinski definition) is 1. The SMILES string of the molecule is Cc1ccc2c(c1)C(NC(=O)c1cc(C(F)(F)F)cc(C(F)(F)F)c1)CCO2. The molecule has 1 aliphatic heterocycles. The van der Waals surface area contributed by atoms with Crippen LogP contribution in [-0.4, -0.2) is 12.5 Å². The van der Waals surface area contributed by atoms with Crippen molar-refractivity contribution in [1.82, 2.24) is 5.32 Å². The summed E-state index contributed by atoms with van der Waals surface area (Å²) in [6.07, 6.45) is -9.69. The van der Waals surface area contributed by atoms with Crippen molar-refractivity contribution < 1.29 is 35.9 Å². The molecule has 0 spiro atoms. The predicted octanol–water partition coefficient (Wildman–Crippen LogP) is 5.29. The molecule has 0 aliphatic carbocycles. The van der Waals surface area contributed by atoms with Gasteiger partial charge in [0.2, 0.25) is 0 Å². The van der Waals surface area contributed by atoms with Crippen molar-refractivity contribution in [1.29, 1.82) is 0 Å². The van der Waals surface area contributed by atoms with Crippen molar-refractivity contribution in [2.45, 2.75) is 31.7 Å². The summed E-state index contributed by atoms with van der Waals surface area (Å²) in [5, 5.41) is 2.52. The van der Waals surface area contributed by atoms with Gasteiger partial charge in [0, 0.05) is 17.5 Å². The van der Waals surface area contributed by atoms with Gasteiger partial charge in [-0.3, -0.25) is 4.79 Å². The van der Waals surface area contributed by atoms with E-state index >= 15 is 0 Å². The van der Waals surface area contributed by atoms with E-state index in [2.05, 4.69) is 5.32 Å². The summed E-state index contributed by atoms with van der Waals surface area (Å²) in [5.74, 6) is -0.502. The van der Waals surface area contributed by atoms with Crippen molar-refractivity contribution in [3.63, 3.8) is 0 Å². The second-order valence-electron chi connectivity index (χ2n) is 6.50. The van der Waals surface area contributed by atoms with Gasteiger partial charge in [0.15, 0.2) is 0 Å². The standard InChI is InChI=1S/C19H15F6NO2/c1-10-2-3-16-14(6-10)15(4-5-28-16)26-17(27)11-7-12(18(20,21)22)9-13(8-11)19(23,24)25/h2-3,6-9,15H,4-5H2,1H3,(H,26,27). The highest BCUT2D eigenvalue weighted by Gasteiger charge is 2.37. The Labute approximate surface area is 156 Å². The van der Waals surface area contributed by atoms with Gasteiger partial charge in [-0.25, -0.2) is 0 Å². The summed E-state index contributed by atoms with van der Waals surface area (Å²) in [6.45, 7) is 2.08. The molecule has 1 atom stereocenters. The molecular formula is C19H15F6NO2. The molecule has 28 heavy (non-hydrogen) atoms. The maximum atomic E-state index is 13.0.